The highest BCUT2D eigenvalue weighted by atomic mass is 16.5. The van der Waals surface area contributed by atoms with Gasteiger partial charge in [0, 0.05) is 31.2 Å². The lowest BCUT2D eigenvalue weighted by molar-refractivity contribution is -0.132. The van der Waals surface area contributed by atoms with E-state index >= 15 is 0 Å². The second-order valence-electron chi connectivity index (χ2n) is 6.24. The van der Waals surface area contributed by atoms with Crippen LogP contribution in [0.3, 0.4) is 0 Å². The van der Waals surface area contributed by atoms with Gasteiger partial charge in [0.05, 0.1) is 0 Å². The summed E-state index contributed by atoms with van der Waals surface area (Å²) in [6.45, 7) is 2.98. The van der Waals surface area contributed by atoms with Gasteiger partial charge in [0.1, 0.15) is 5.75 Å². The molecule has 0 aliphatic heterocycles. The van der Waals surface area contributed by atoms with Crippen molar-refractivity contribution in [2.75, 3.05) is 13.7 Å². The molecule has 0 unspecified atom stereocenters. The summed E-state index contributed by atoms with van der Waals surface area (Å²) in [5.41, 5.74) is 2.23. The van der Waals surface area contributed by atoms with Crippen molar-refractivity contribution in [1.82, 2.24) is 10.2 Å². The average molecular weight is 288 g/mol. The highest BCUT2D eigenvalue weighted by Crippen LogP contribution is 2.27. The number of hydrogen-bond donors (Lipinski definition) is 1. The van der Waals surface area contributed by atoms with E-state index < -0.39 is 0 Å². The Bertz CT molecular complexity index is 522. The van der Waals surface area contributed by atoms with E-state index in [0.29, 0.717) is 12.1 Å². The Labute approximate surface area is 126 Å². The van der Waals surface area contributed by atoms with Gasteiger partial charge < -0.3 is 15.0 Å². The van der Waals surface area contributed by atoms with Crippen LogP contribution in [0.2, 0.25) is 0 Å². The van der Waals surface area contributed by atoms with Crippen molar-refractivity contribution < 1.29 is 9.53 Å². The molecular weight excluding hydrogens is 264 g/mol. The molecule has 0 spiro atoms. The number of carbonyl (C=O) groups is 1. The molecule has 2 fully saturated rings. The fourth-order valence-electron chi connectivity index (χ4n) is 2.50. The van der Waals surface area contributed by atoms with E-state index in [0.717, 1.165) is 36.3 Å². The van der Waals surface area contributed by atoms with Crippen LogP contribution in [0.15, 0.2) is 18.2 Å². The smallest absolute Gasteiger partial charge is 0.260 e. The molecule has 1 amide bonds. The number of rotatable bonds is 7. The minimum absolute atomic E-state index is 0.0712. The molecule has 4 nitrogen and oxygen atoms in total. The first-order chi connectivity index (χ1) is 10.1. The standard InChI is InChI=1S/C17H24N2O2/c1-12-4-3-5-13(10-18-14-6-7-14)17(12)21-11-16(20)19(2)15-8-9-15/h3-5,14-15,18H,6-11H2,1-2H3. The zero-order valence-corrected chi connectivity index (χ0v) is 12.9. The van der Waals surface area contributed by atoms with Gasteiger partial charge in [-0.1, -0.05) is 18.2 Å². The first-order valence-corrected chi connectivity index (χ1v) is 7.85. The second-order valence-corrected chi connectivity index (χ2v) is 6.24. The second kappa shape index (κ2) is 6.06. The van der Waals surface area contributed by atoms with E-state index in [1.165, 1.54) is 12.8 Å². The zero-order valence-electron chi connectivity index (χ0n) is 12.9. The van der Waals surface area contributed by atoms with E-state index in [1.807, 2.05) is 31.0 Å². The Hall–Kier alpha value is -1.55. The molecule has 2 aliphatic carbocycles. The molecule has 21 heavy (non-hydrogen) atoms. The van der Waals surface area contributed by atoms with E-state index in [2.05, 4.69) is 11.4 Å². The maximum Gasteiger partial charge on any atom is 0.260 e. The zero-order chi connectivity index (χ0) is 14.8. The Balaban J connectivity index is 1.60. The summed E-state index contributed by atoms with van der Waals surface area (Å²) in [6, 6.07) is 7.26. The maximum absolute atomic E-state index is 12.1. The molecule has 0 bridgehead atoms. The third-order valence-corrected chi connectivity index (χ3v) is 4.28. The van der Waals surface area contributed by atoms with Crippen LogP contribution in [0.1, 0.15) is 36.8 Å². The Morgan fingerprint density at radius 3 is 2.76 bits per heavy atom. The molecule has 3 rings (SSSR count). The normalized spacial score (nSPS) is 17.6. The summed E-state index contributed by atoms with van der Waals surface area (Å²) < 4.78 is 5.85. The van der Waals surface area contributed by atoms with Crippen LogP contribution in [0, 0.1) is 6.92 Å². The van der Waals surface area contributed by atoms with E-state index in [4.69, 9.17) is 4.74 Å². The molecule has 0 radical (unpaired) electrons. The topological polar surface area (TPSA) is 41.6 Å². The van der Waals surface area contributed by atoms with Crippen molar-refractivity contribution in [1.29, 1.82) is 0 Å². The molecule has 4 heteroatoms. The van der Waals surface area contributed by atoms with Gasteiger partial charge in [-0.2, -0.15) is 0 Å². The van der Waals surface area contributed by atoms with Gasteiger partial charge in [0.2, 0.25) is 0 Å². The largest absolute Gasteiger partial charge is 0.483 e. The minimum atomic E-state index is 0.0712. The fourth-order valence-corrected chi connectivity index (χ4v) is 2.50. The number of para-hydroxylation sites is 1. The molecule has 2 aliphatic rings. The summed E-state index contributed by atoms with van der Waals surface area (Å²) in [7, 11) is 1.87. The molecule has 1 aromatic rings. The molecule has 0 saturated heterocycles. The average Bonchev–Trinajstić information content (AvgIpc) is 3.36. The molecule has 0 heterocycles. The van der Waals surface area contributed by atoms with Crippen molar-refractivity contribution >= 4 is 5.91 Å². The number of carbonyl (C=O) groups excluding carboxylic acids is 1. The van der Waals surface area contributed by atoms with Gasteiger partial charge in [-0.3, -0.25) is 4.79 Å². The lowest BCUT2D eigenvalue weighted by Gasteiger charge is -2.19. The molecule has 0 aromatic heterocycles. The number of amides is 1. The quantitative estimate of drug-likeness (QED) is 0.836. The van der Waals surface area contributed by atoms with Crippen molar-refractivity contribution in [3.8, 4) is 5.75 Å². The van der Waals surface area contributed by atoms with E-state index in [1.54, 1.807) is 0 Å². The van der Waals surface area contributed by atoms with Crippen LogP contribution in [0.25, 0.3) is 0 Å². The fraction of sp³-hybridized carbons (Fsp3) is 0.588. The van der Waals surface area contributed by atoms with Crippen LogP contribution in [0.4, 0.5) is 0 Å². The first-order valence-electron chi connectivity index (χ1n) is 7.85. The van der Waals surface area contributed by atoms with Gasteiger partial charge in [0.25, 0.3) is 5.91 Å². The SMILES string of the molecule is Cc1cccc(CNC2CC2)c1OCC(=O)N(C)C1CC1. The Kier molecular flexibility index (Phi) is 4.15. The summed E-state index contributed by atoms with van der Waals surface area (Å²) >= 11 is 0. The highest BCUT2D eigenvalue weighted by molar-refractivity contribution is 5.78. The van der Waals surface area contributed by atoms with Crippen LogP contribution < -0.4 is 10.1 Å². The number of aryl methyl sites for hydroxylation is 1. The monoisotopic (exact) mass is 288 g/mol. The predicted octanol–water partition coefficient (Wildman–Crippen LogP) is 2.25. The summed E-state index contributed by atoms with van der Waals surface area (Å²) in [5, 5.41) is 3.50. The third-order valence-electron chi connectivity index (χ3n) is 4.28. The van der Waals surface area contributed by atoms with Gasteiger partial charge >= 0.3 is 0 Å². The lowest BCUT2D eigenvalue weighted by atomic mass is 10.1. The molecular formula is C17H24N2O2. The van der Waals surface area contributed by atoms with Crippen LogP contribution in [-0.4, -0.2) is 36.5 Å². The first kappa shape index (κ1) is 14.4. The van der Waals surface area contributed by atoms with Crippen molar-refractivity contribution in [2.24, 2.45) is 0 Å². The summed E-state index contributed by atoms with van der Waals surface area (Å²) in [6.07, 6.45) is 4.80. The van der Waals surface area contributed by atoms with Crippen molar-refractivity contribution in [3.63, 3.8) is 0 Å². The molecule has 114 valence electrons. The van der Waals surface area contributed by atoms with Crippen molar-refractivity contribution in [2.45, 2.75) is 51.2 Å². The lowest BCUT2D eigenvalue weighted by Crippen LogP contribution is -2.33. The number of nitrogens with zero attached hydrogens (tertiary/aromatic N) is 1. The molecule has 2 saturated carbocycles. The van der Waals surface area contributed by atoms with Gasteiger partial charge in [0.15, 0.2) is 6.61 Å². The number of likely N-dealkylation sites (N-methyl/N-ethyl adjacent to an activating group) is 1. The number of nitrogens with one attached hydrogen (secondary N) is 1. The number of ether oxygens (including phenoxy) is 1. The third kappa shape index (κ3) is 3.76. The Morgan fingerprint density at radius 2 is 2.10 bits per heavy atom. The summed E-state index contributed by atoms with van der Waals surface area (Å²) in [5.74, 6) is 0.935. The molecule has 1 N–H and O–H groups in total. The van der Waals surface area contributed by atoms with Gasteiger partial charge in [-0.05, 0) is 38.2 Å². The number of hydrogen-bond acceptors (Lipinski definition) is 3. The minimum Gasteiger partial charge on any atom is -0.483 e. The number of benzene rings is 1. The van der Waals surface area contributed by atoms with Gasteiger partial charge in [-0.15, -0.1) is 0 Å². The molecule has 0 atom stereocenters. The summed E-state index contributed by atoms with van der Waals surface area (Å²) in [4.78, 5) is 13.9. The van der Waals surface area contributed by atoms with E-state index in [-0.39, 0.29) is 12.5 Å². The predicted molar refractivity (Wildman–Crippen MR) is 82.3 cm³/mol. The van der Waals surface area contributed by atoms with Gasteiger partial charge in [-0.25, -0.2) is 0 Å². The van der Waals surface area contributed by atoms with Crippen LogP contribution in [-0.2, 0) is 11.3 Å². The van der Waals surface area contributed by atoms with Crippen molar-refractivity contribution in [3.05, 3.63) is 29.3 Å². The van der Waals surface area contributed by atoms with E-state index in [9.17, 15) is 4.79 Å². The Morgan fingerprint density at radius 1 is 1.33 bits per heavy atom. The molecule has 1 aromatic carbocycles. The highest BCUT2D eigenvalue weighted by Gasteiger charge is 2.29. The van der Waals surface area contributed by atoms with Crippen LogP contribution in [0.5, 0.6) is 5.75 Å². The maximum atomic E-state index is 12.1. The van der Waals surface area contributed by atoms with Crippen LogP contribution >= 0.6 is 0 Å².